The molecule has 0 unspecified atom stereocenters. The minimum absolute atomic E-state index is 0.182. The van der Waals surface area contributed by atoms with Crippen LogP contribution in [-0.2, 0) is 34.1 Å². The van der Waals surface area contributed by atoms with E-state index in [1.807, 2.05) is 54.6 Å². The van der Waals surface area contributed by atoms with E-state index in [1.54, 1.807) is 0 Å². The van der Waals surface area contributed by atoms with Crippen molar-refractivity contribution < 1.29 is 19.4 Å². The summed E-state index contributed by atoms with van der Waals surface area (Å²) in [5.74, 6) is -1.97. The van der Waals surface area contributed by atoms with E-state index >= 15 is 0 Å². The molecule has 2 aromatic carbocycles. The summed E-state index contributed by atoms with van der Waals surface area (Å²) < 4.78 is 5.72. The Balaban J connectivity index is 1.45. The summed E-state index contributed by atoms with van der Waals surface area (Å²) in [6, 6.07) is 17.8. The maximum Gasteiger partial charge on any atom is 0.307 e. The number of hydrogen-bond donors (Lipinski definition) is 2. The quantitative estimate of drug-likeness (QED) is 0.775. The SMILES string of the molecule is O=C(NCc1cccc(COCc2ccccc2)c1)[C@H]1C[C@H]1C(=O)O. The first-order chi connectivity index (χ1) is 12.1. The largest absolute Gasteiger partial charge is 0.481 e. The van der Waals surface area contributed by atoms with Crippen molar-refractivity contribution in [3.63, 3.8) is 0 Å². The van der Waals surface area contributed by atoms with Gasteiger partial charge in [-0.1, -0.05) is 54.6 Å². The Morgan fingerprint density at radius 2 is 1.64 bits per heavy atom. The lowest BCUT2D eigenvalue weighted by atomic mass is 10.1. The molecule has 0 bridgehead atoms. The highest BCUT2D eigenvalue weighted by Gasteiger charge is 2.48. The average Bonchev–Trinajstić information content (AvgIpc) is 3.42. The molecule has 1 amide bonds. The van der Waals surface area contributed by atoms with Gasteiger partial charge in [-0.2, -0.15) is 0 Å². The molecule has 2 aromatic rings. The van der Waals surface area contributed by atoms with Gasteiger partial charge >= 0.3 is 5.97 Å². The van der Waals surface area contributed by atoms with Gasteiger partial charge in [-0.15, -0.1) is 0 Å². The van der Waals surface area contributed by atoms with Gasteiger partial charge in [0.05, 0.1) is 25.0 Å². The van der Waals surface area contributed by atoms with E-state index in [2.05, 4.69) is 5.32 Å². The minimum atomic E-state index is -0.891. The van der Waals surface area contributed by atoms with Crippen LogP contribution in [0, 0.1) is 11.8 Å². The first-order valence-electron chi connectivity index (χ1n) is 8.33. The summed E-state index contributed by atoms with van der Waals surface area (Å²) in [5.41, 5.74) is 3.14. The van der Waals surface area contributed by atoms with Crippen LogP contribution in [0.3, 0.4) is 0 Å². The maximum atomic E-state index is 11.9. The third-order valence-corrected chi connectivity index (χ3v) is 4.28. The van der Waals surface area contributed by atoms with Crippen LogP contribution in [0.1, 0.15) is 23.1 Å². The first kappa shape index (κ1) is 17.2. The molecule has 1 aliphatic rings. The number of hydrogen-bond acceptors (Lipinski definition) is 3. The van der Waals surface area contributed by atoms with Crippen molar-refractivity contribution >= 4 is 11.9 Å². The zero-order chi connectivity index (χ0) is 17.6. The third kappa shape index (κ3) is 4.90. The lowest BCUT2D eigenvalue weighted by molar-refractivity contribution is -0.140. The van der Waals surface area contributed by atoms with Crippen LogP contribution in [0.5, 0.6) is 0 Å². The van der Waals surface area contributed by atoms with Crippen LogP contribution in [-0.4, -0.2) is 17.0 Å². The molecule has 2 N–H and O–H groups in total. The fourth-order valence-corrected chi connectivity index (χ4v) is 2.77. The molecule has 0 radical (unpaired) electrons. The zero-order valence-electron chi connectivity index (χ0n) is 13.9. The van der Waals surface area contributed by atoms with Crippen LogP contribution >= 0.6 is 0 Å². The molecule has 3 rings (SSSR count). The van der Waals surface area contributed by atoms with Gasteiger partial charge < -0.3 is 15.2 Å². The molecule has 1 aliphatic carbocycles. The molecule has 2 atom stereocenters. The van der Waals surface area contributed by atoms with Crippen LogP contribution < -0.4 is 5.32 Å². The predicted octanol–water partition coefficient (Wildman–Crippen LogP) is 2.74. The number of carboxylic acids is 1. The summed E-state index contributed by atoms with van der Waals surface area (Å²) in [4.78, 5) is 22.7. The van der Waals surface area contributed by atoms with Gasteiger partial charge in [0, 0.05) is 6.54 Å². The Labute approximate surface area is 146 Å². The molecule has 0 saturated heterocycles. The van der Waals surface area contributed by atoms with E-state index in [-0.39, 0.29) is 11.8 Å². The summed E-state index contributed by atoms with van der Waals surface area (Å²) in [6.45, 7) is 1.45. The monoisotopic (exact) mass is 339 g/mol. The number of nitrogens with one attached hydrogen (secondary N) is 1. The van der Waals surface area contributed by atoms with Crippen molar-refractivity contribution in [3.8, 4) is 0 Å². The number of rotatable bonds is 8. The molecule has 0 heterocycles. The molecule has 0 aromatic heterocycles. The highest BCUT2D eigenvalue weighted by Crippen LogP contribution is 2.38. The fourth-order valence-electron chi connectivity index (χ4n) is 2.77. The van der Waals surface area contributed by atoms with E-state index in [1.165, 1.54) is 0 Å². The summed E-state index contributed by atoms with van der Waals surface area (Å²) >= 11 is 0. The Hall–Kier alpha value is -2.66. The maximum absolute atomic E-state index is 11.9. The van der Waals surface area contributed by atoms with Crippen molar-refractivity contribution in [3.05, 3.63) is 71.3 Å². The molecule has 1 saturated carbocycles. The predicted molar refractivity (Wildman–Crippen MR) is 92.5 cm³/mol. The van der Waals surface area contributed by atoms with Gasteiger partial charge in [-0.25, -0.2) is 0 Å². The van der Waals surface area contributed by atoms with Gasteiger partial charge in [0.15, 0.2) is 0 Å². The molecule has 5 nitrogen and oxygen atoms in total. The van der Waals surface area contributed by atoms with Gasteiger partial charge in [0.1, 0.15) is 0 Å². The molecule has 25 heavy (non-hydrogen) atoms. The summed E-state index contributed by atoms with van der Waals surface area (Å²) in [7, 11) is 0. The first-order valence-corrected chi connectivity index (χ1v) is 8.33. The van der Waals surface area contributed by atoms with Crippen LogP contribution in [0.25, 0.3) is 0 Å². The van der Waals surface area contributed by atoms with Crippen LogP contribution in [0.15, 0.2) is 54.6 Å². The van der Waals surface area contributed by atoms with E-state index in [4.69, 9.17) is 9.84 Å². The molecule has 0 aliphatic heterocycles. The summed E-state index contributed by atoms with van der Waals surface area (Å²) in [5, 5.41) is 11.7. The summed E-state index contributed by atoms with van der Waals surface area (Å²) in [6.07, 6.45) is 0.439. The van der Waals surface area contributed by atoms with Crippen LogP contribution in [0.4, 0.5) is 0 Å². The zero-order valence-corrected chi connectivity index (χ0v) is 13.9. The number of ether oxygens (including phenoxy) is 1. The van der Waals surface area contributed by atoms with E-state index in [9.17, 15) is 9.59 Å². The van der Waals surface area contributed by atoms with Gasteiger partial charge in [0.25, 0.3) is 0 Å². The number of benzene rings is 2. The third-order valence-electron chi connectivity index (χ3n) is 4.28. The van der Waals surface area contributed by atoms with Gasteiger partial charge in [-0.05, 0) is 23.1 Å². The second-order valence-electron chi connectivity index (χ2n) is 6.30. The van der Waals surface area contributed by atoms with Crippen molar-refractivity contribution in [2.45, 2.75) is 26.2 Å². The van der Waals surface area contributed by atoms with Crippen molar-refractivity contribution in [2.75, 3.05) is 0 Å². The molecule has 5 heteroatoms. The van der Waals surface area contributed by atoms with E-state index in [0.717, 1.165) is 16.7 Å². The highest BCUT2D eigenvalue weighted by molar-refractivity contribution is 5.89. The standard InChI is InChI=1S/C20H21NO4/c22-19(17-10-18(17)20(23)24)21-11-15-7-4-8-16(9-15)13-25-12-14-5-2-1-3-6-14/h1-9,17-18H,10-13H2,(H,21,22)(H,23,24)/t17-,18+/m0/s1. The second kappa shape index (κ2) is 7.94. The number of carbonyl (C=O) groups is 2. The Bertz CT molecular complexity index is 744. The Kier molecular flexibility index (Phi) is 5.46. The smallest absolute Gasteiger partial charge is 0.307 e. The normalized spacial score (nSPS) is 18.6. The highest BCUT2D eigenvalue weighted by atomic mass is 16.5. The lowest BCUT2D eigenvalue weighted by Gasteiger charge is -2.08. The second-order valence-corrected chi connectivity index (χ2v) is 6.30. The average molecular weight is 339 g/mol. The Morgan fingerprint density at radius 3 is 2.36 bits per heavy atom. The topological polar surface area (TPSA) is 75.6 Å². The van der Waals surface area contributed by atoms with E-state index in [0.29, 0.717) is 26.2 Å². The van der Waals surface area contributed by atoms with Gasteiger partial charge in [-0.3, -0.25) is 9.59 Å². The number of carboxylic acid groups (broad SMARTS) is 1. The van der Waals surface area contributed by atoms with E-state index < -0.39 is 11.9 Å². The molecular weight excluding hydrogens is 318 g/mol. The lowest BCUT2D eigenvalue weighted by Crippen LogP contribution is -2.25. The van der Waals surface area contributed by atoms with Crippen molar-refractivity contribution in [1.29, 1.82) is 0 Å². The Morgan fingerprint density at radius 1 is 0.960 bits per heavy atom. The van der Waals surface area contributed by atoms with Crippen molar-refractivity contribution in [1.82, 2.24) is 5.32 Å². The number of amides is 1. The minimum Gasteiger partial charge on any atom is -0.481 e. The molecule has 0 spiro atoms. The van der Waals surface area contributed by atoms with Crippen molar-refractivity contribution in [2.24, 2.45) is 11.8 Å². The number of carbonyl (C=O) groups excluding carboxylic acids is 1. The number of aliphatic carboxylic acids is 1. The molecule has 1 fully saturated rings. The fraction of sp³-hybridized carbons (Fsp3) is 0.300. The molecule has 130 valence electrons. The molecular formula is C20H21NO4. The van der Waals surface area contributed by atoms with Crippen LogP contribution in [0.2, 0.25) is 0 Å². The van der Waals surface area contributed by atoms with Gasteiger partial charge in [0.2, 0.25) is 5.91 Å².